The molecular weight excluding hydrogens is 342 g/mol. The van der Waals surface area contributed by atoms with Crippen molar-refractivity contribution < 1.29 is 29.7 Å². The zero-order valence-corrected chi connectivity index (χ0v) is 15.0. The van der Waals surface area contributed by atoms with Gasteiger partial charge in [0.05, 0.1) is 6.54 Å². The first kappa shape index (κ1) is 25.7. The Morgan fingerprint density at radius 3 is 1.73 bits per heavy atom. The summed E-state index contributed by atoms with van der Waals surface area (Å²) >= 11 is 0. The molecule has 0 radical (unpaired) electrons. The molecule has 0 amide bonds. The summed E-state index contributed by atoms with van der Waals surface area (Å²) in [5, 5.41) is 24.5. The van der Waals surface area contributed by atoms with Crippen molar-refractivity contribution in [1.82, 2.24) is 0 Å². The van der Waals surface area contributed by atoms with Crippen LogP contribution in [0.25, 0.3) is 0 Å². The Morgan fingerprint density at radius 1 is 1.00 bits per heavy atom. The Labute approximate surface area is 152 Å². The Morgan fingerprint density at radius 2 is 1.46 bits per heavy atom. The van der Waals surface area contributed by atoms with Gasteiger partial charge in [-0.3, -0.25) is 14.4 Å². The van der Waals surface area contributed by atoms with Gasteiger partial charge >= 0.3 is 17.9 Å². The highest BCUT2D eigenvalue weighted by Gasteiger charge is 2.17. The average molecular weight is 371 g/mol. The summed E-state index contributed by atoms with van der Waals surface area (Å²) in [4.78, 5) is 29.8. The second kappa shape index (κ2) is 14.8. The normalized spacial score (nSPS) is 13.0. The minimum Gasteiger partial charge on any atom is -0.480 e. The zero-order valence-electron chi connectivity index (χ0n) is 15.0. The number of nitrogens with two attached hydrogens (primary N) is 3. The molecule has 0 bridgehead atoms. The number of aliphatic carboxylic acids is 3. The van der Waals surface area contributed by atoms with Gasteiger partial charge in [0.1, 0.15) is 12.1 Å². The van der Waals surface area contributed by atoms with Crippen molar-refractivity contribution in [2.75, 3.05) is 6.54 Å². The van der Waals surface area contributed by atoms with Crippen LogP contribution in [0, 0.1) is 5.92 Å². The number of rotatable bonds is 7. The van der Waals surface area contributed by atoms with Gasteiger partial charge in [-0.2, -0.15) is 0 Å². The lowest BCUT2D eigenvalue weighted by Crippen LogP contribution is -2.36. The lowest BCUT2D eigenvalue weighted by Gasteiger charge is -2.11. The van der Waals surface area contributed by atoms with E-state index < -0.39 is 30.0 Å². The van der Waals surface area contributed by atoms with Crippen LogP contribution in [0.2, 0.25) is 0 Å². The van der Waals surface area contributed by atoms with E-state index in [2.05, 4.69) is 5.73 Å². The first-order chi connectivity index (χ1) is 12.1. The Bertz CT molecular complexity index is 539. The molecule has 0 spiro atoms. The predicted octanol–water partition coefficient (Wildman–Crippen LogP) is 0.115. The third kappa shape index (κ3) is 13.9. The molecular formula is C17H29N3O6. The fourth-order valence-electron chi connectivity index (χ4n) is 1.45. The van der Waals surface area contributed by atoms with Crippen LogP contribution in [0.1, 0.15) is 25.8 Å². The van der Waals surface area contributed by atoms with Crippen LogP contribution in [-0.2, 0) is 20.8 Å². The molecule has 0 fully saturated rings. The van der Waals surface area contributed by atoms with Crippen LogP contribution in [0.5, 0.6) is 0 Å². The van der Waals surface area contributed by atoms with Crippen molar-refractivity contribution in [1.29, 1.82) is 0 Å². The van der Waals surface area contributed by atoms with Crippen LogP contribution < -0.4 is 17.2 Å². The Hall–Kier alpha value is -2.49. The number of hydrogen-bond donors (Lipinski definition) is 6. The molecule has 0 aliphatic carbocycles. The number of hydrogen-bond acceptors (Lipinski definition) is 6. The molecule has 148 valence electrons. The zero-order chi connectivity index (χ0) is 20.7. The second-order valence-electron chi connectivity index (χ2n) is 5.48. The molecule has 0 aliphatic heterocycles. The molecule has 0 saturated carbocycles. The molecule has 3 atom stereocenters. The van der Waals surface area contributed by atoms with Gasteiger partial charge in [0.15, 0.2) is 0 Å². The van der Waals surface area contributed by atoms with E-state index >= 15 is 0 Å². The molecule has 9 N–H and O–H groups in total. The summed E-state index contributed by atoms with van der Waals surface area (Å²) in [6.07, 6.45) is 1.20. The van der Waals surface area contributed by atoms with E-state index in [1.54, 1.807) is 0 Å². The molecule has 26 heavy (non-hydrogen) atoms. The van der Waals surface area contributed by atoms with Gasteiger partial charge < -0.3 is 32.5 Å². The smallest absolute Gasteiger partial charge is 0.320 e. The summed E-state index contributed by atoms with van der Waals surface area (Å²) < 4.78 is 0. The molecule has 1 rings (SSSR count). The molecule has 3 unspecified atom stereocenters. The van der Waals surface area contributed by atoms with E-state index in [-0.39, 0.29) is 12.5 Å². The van der Waals surface area contributed by atoms with Crippen LogP contribution >= 0.6 is 0 Å². The fraction of sp³-hybridized carbons (Fsp3) is 0.471. The molecule has 0 aromatic heterocycles. The predicted molar refractivity (Wildman–Crippen MR) is 97.5 cm³/mol. The Balaban J connectivity index is 0. The molecule has 9 heteroatoms. The molecule has 0 aliphatic rings. The van der Waals surface area contributed by atoms with Crippen molar-refractivity contribution >= 4 is 17.9 Å². The number of benzene rings is 1. The molecule has 0 heterocycles. The summed E-state index contributed by atoms with van der Waals surface area (Å²) in [5.41, 5.74) is 16.1. The van der Waals surface area contributed by atoms with E-state index in [1.807, 2.05) is 44.2 Å². The quantitative estimate of drug-likeness (QED) is 0.386. The van der Waals surface area contributed by atoms with Crippen molar-refractivity contribution in [2.45, 2.75) is 38.8 Å². The maximum Gasteiger partial charge on any atom is 0.320 e. The maximum absolute atomic E-state index is 10.4. The SMILES string of the molecule is CCC(C)C(N)C(=O)O.NC(Cc1ccccc1)C(=O)O.NCC(=O)O. The number of carbonyl (C=O) groups is 3. The van der Waals surface area contributed by atoms with Crippen LogP contribution in [-0.4, -0.2) is 51.9 Å². The van der Waals surface area contributed by atoms with Gasteiger partial charge in [0, 0.05) is 0 Å². The van der Waals surface area contributed by atoms with Crippen molar-refractivity contribution in [3.8, 4) is 0 Å². The van der Waals surface area contributed by atoms with Crippen LogP contribution in [0.15, 0.2) is 30.3 Å². The largest absolute Gasteiger partial charge is 0.480 e. The number of carboxylic acid groups (broad SMARTS) is 3. The van der Waals surface area contributed by atoms with Crippen molar-refractivity contribution in [2.24, 2.45) is 23.1 Å². The standard InChI is InChI=1S/C9H11NO2.C6H13NO2.C2H5NO2/c10-8(9(11)12)6-7-4-2-1-3-5-7;1-3-4(2)5(7)6(8)9;3-1-2(4)5/h1-5,8H,6,10H2,(H,11,12);4-5H,3,7H2,1-2H3,(H,8,9);1,3H2,(H,4,5). The lowest BCUT2D eigenvalue weighted by molar-refractivity contribution is -0.140. The highest BCUT2D eigenvalue weighted by molar-refractivity contribution is 5.73. The van der Waals surface area contributed by atoms with Gasteiger partial charge in [-0.05, 0) is 17.9 Å². The second-order valence-corrected chi connectivity index (χ2v) is 5.48. The molecule has 9 nitrogen and oxygen atoms in total. The van der Waals surface area contributed by atoms with Gasteiger partial charge in [-0.1, -0.05) is 50.6 Å². The minimum absolute atomic E-state index is 0.0718. The van der Waals surface area contributed by atoms with E-state index in [1.165, 1.54) is 0 Å². The van der Waals surface area contributed by atoms with Gasteiger partial charge in [0.2, 0.25) is 0 Å². The first-order valence-corrected chi connectivity index (χ1v) is 7.99. The molecule has 0 saturated heterocycles. The first-order valence-electron chi connectivity index (χ1n) is 7.99. The third-order valence-corrected chi connectivity index (χ3v) is 3.33. The monoisotopic (exact) mass is 371 g/mol. The maximum atomic E-state index is 10.4. The minimum atomic E-state index is -0.968. The lowest BCUT2D eigenvalue weighted by atomic mass is 10.0. The van der Waals surface area contributed by atoms with Crippen molar-refractivity contribution in [3.63, 3.8) is 0 Å². The highest BCUT2D eigenvalue weighted by atomic mass is 16.4. The van der Waals surface area contributed by atoms with Crippen LogP contribution in [0.4, 0.5) is 0 Å². The summed E-state index contributed by atoms with van der Waals surface area (Å²) in [5.74, 6) is -2.77. The van der Waals surface area contributed by atoms with Gasteiger partial charge in [-0.25, -0.2) is 0 Å². The van der Waals surface area contributed by atoms with E-state index in [0.717, 1.165) is 12.0 Å². The number of carboxylic acids is 3. The Kier molecular flexibility index (Phi) is 14.7. The summed E-state index contributed by atoms with van der Waals surface area (Å²) in [6.45, 7) is 3.48. The molecule has 1 aromatic rings. The van der Waals surface area contributed by atoms with E-state index in [4.69, 9.17) is 26.8 Å². The van der Waals surface area contributed by atoms with Gasteiger partial charge in [0.25, 0.3) is 0 Å². The fourth-order valence-corrected chi connectivity index (χ4v) is 1.45. The molecule has 1 aromatic carbocycles. The van der Waals surface area contributed by atoms with E-state index in [9.17, 15) is 14.4 Å². The average Bonchev–Trinajstić information content (AvgIpc) is 2.62. The van der Waals surface area contributed by atoms with E-state index in [0.29, 0.717) is 6.42 Å². The topological polar surface area (TPSA) is 190 Å². The van der Waals surface area contributed by atoms with Crippen molar-refractivity contribution in [3.05, 3.63) is 35.9 Å². The summed E-state index contributed by atoms with van der Waals surface area (Å²) in [6, 6.07) is 7.84. The van der Waals surface area contributed by atoms with Gasteiger partial charge in [-0.15, -0.1) is 0 Å². The third-order valence-electron chi connectivity index (χ3n) is 3.33. The summed E-state index contributed by atoms with van der Waals surface area (Å²) in [7, 11) is 0. The van der Waals surface area contributed by atoms with Crippen LogP contribution in [0.3, 0.4) is 0 Å². The highest BCUT2D eigenvalue weighted by Crippen LogP contribution is 2.04.